The molecule has 80 valence electrons. The van der Waals surface area contributed by atoms with Crippen LogP contribution < -0.4 is 5.32 Å². The Morgan fingerprint density at radius 3 is 2.93 bits per heavy atom. The molecule has 0 radical (unpaired) electrons. The molecular formula is C13H16ClN. The van der Waals surface area contributed by atoms with E-state index in [0.717, 1.165) is 5.02 Å². The summed E-state index contributed by atoms with van der Waals surface area (Å²) in [7, 11) is 0. The second-order valence-electron chi connectivity index (χ2n) is 4.70. The minimum atomic E-state index is 0.641. The first kappa shape index (κ1) is 9.53. The summed E-state index contributed by atoms with van der Waals surface area (Å²) < 4.78 is 0. The molecule has 1 saturated carbocycles. The molecule has 2 atom stereocenters. The molecule has 1 fully saturated rings. The molecule has 0 saturated heterocycles. The van der Waals surface area contributed by atoms with E-state index in [1.54, 1.807) is 0 Å². The van der Waals surface area contributed by atoms with Crippen LogP contribution in [-0.2, 0) is 0 Å². The smallest absolute Gasteiger partial charge is 0.0462 e. The first-order chi connectivity index (χ1) is 7.36. The fourth-order valence-electron chi connectivity index (χ4n) is 3.07. The number of anilines is 1. The highest BCUT2D eigenvalue weighted by molar-refractivity contribution is 6.32. The van der Waals surface area contributed by atoms with Gasteiger partial charge in [0.2, 0.25) is 0 Å². The molecule has 3 rings (SSSR count). The van der Waals surface area contributed by atoms with Crippen LogP contribution in [0.2, 0.25) is 5.02 Å². The molecule has 1 aromatic carbocycles. The van der Waals surface area contributed by atoms with Crippen molar-refractivity contribution in [3.63, 3.8) is 0 Å². The van der Waals surface area contributed by atoms with E-state index in [9.17, 15) is 0 Å². The molecule has 1 aromatic rings. The molecule has 1 nitrogen and oxygen atoms in total. The maximum atomic E-state index is 6.30. The van der Waals surface area contributed by atoms with Gasteiger partial charge in [0, 0.05) is 22.7 Å². The van der Waals surface area contributed by atoms with Crippen LogP contribution in [0.3, 0.4) is 0 Å². The van der Waals surface area contributed by atoms with E-state index >= 15 is 0 Å². The van der Waals surface area contributed by atoms with Gasteiger partial charge in [0.05, 0.1) is 0 Å². The predicted octanol–water partition coefficient (Wildman–Crippen LogP) is 4.18. The van der Waals surface area contributed by atoms with Crippen molar-refractivity contribution in [2.24, 2.45) is 0 Å². The average Bonchev–Trinajstić information content (AvgIpc) is 2.43. The summed E-state index contributed by atoms with van der Waals surface area (Å²) in [5.74, 6) is 0.663. The zero-order valence-electron chi connectivity index (χ0n) is 8.80. The highest BCUT2D eigenvalue weighted by Crippen LogP contribution is 2.45. The van der Waals surface area contributed by atoms with Gasteiger partial charge in [-0.05, 0) is 30.5 Å². The summed E-state index contributed by atoms with van der Waals surface area (Å²) in [6.07, 6.45) is 6.70. The van der Waals surface area contributed by atoms with Gasteiger partial charge in [0.15, 0.2) is 0 Å². The molecule has 15 heavy (non-hydrogen) atoms. The van der Waals surface area contributed by atoms with Crippen LogP contribution in [0, 0.1) is 0 Å². The third-order valence-corrected chi connectivity index (χ3v) is 4.11. The molecule has 0 aromatic heterocycles. The van der Waals surface area contributed by atoms with E-state index in [-0.39, 0.29) is 0 Å². The highest BCUT2D eigenvalue weighted by Gasteiger charge is 2.33. The lowest BCUT2D eigenvalue weighted by atomic mass is 9.91. The van der Waals surface area contributed by atoms with Gasteiger partial charge < -0.3 is 5.32 Å². The van der Waals surface area contributed by atoms with Crippen LogP contribution in [0.5, 0.6) is 0 Å². The Morgan fingerprint density at radius 2 is 2.00 bits per heavy atom. The maximum absolute atomic E-state index is 6.30. The monoisotopic (exact) mass is 221 g/mol. The summed E-state index contributed by atoms with van der Waals surface area (Å²) in [4.78, 5) is 0. The van der Waals surface area contributed by atoms with Gasteiger partial charge in [-0.2, -0.15) is 0 Å². The van der Waals surface area contributed by atoms with Crippen molar-refractivity contribution in [3.05, 3.63) is 28.8 Å². The first-order valence-corrected chi connectivity index (χ1v) is 6.29. The van der Waals surface area contributed by atoms with Gasteiger partial charge >= 0.3 is 0 Å². The summed E-state index contributed by atoms with van der Waals surface area (Å²) in [5.41, 5.74) is 2.66. The van der Waals surface area contributed by atoms with Crippen molar-refractivity contribution in [1.82, 2.24) is 0 Å². The normalized spacial score (nSPS) is 28.9. The van der Waals surface area contributed by atoms with Gasteiger partial charge in [-0.1, -0.05) is 36.9 Å². The predicted molar refractivity (Wildman–Crippen MR) is 64.7 cm³/mol. The molecule has 2 unspecified atom stereocenters. The highest BCUT2D eigenvalue weighted by atomic mass is 35.5. The van der Waals surface area contributed by atoms with Crippen molar-refractivity contribution < 1.29 is 0 Å². The zero-order chi connectivity index (χ0) is 10.3. The molecule has 0 bridgehead atoms. The van der Waals surface area contributed by atoms with Crippen molar-refractivity contribution in [1.29, 1.82) is 0 Å². The van der Waals surface area contributed by atoms with Crippen molar-refractivity contribution in [2.45, 2.75) is 44.1 Å². The van der Waals surface area contributed by atoms with Crippen LogP contribution in [0.15, 0.2) is 18.2 Å². The van der Waals surface area contributed by atoms with E-state index in [0.29, 0.717) is 12.0 Å². The van der Waals surface area contributed by atoms with E-state index in [2.05, 4.69) is 11.4 Å². The van der Waals surface area contributed by atoms with Gasteiger partial charge in [-0.25, -0.2) is 0 Å². The number of hydrogen-bond acceptors (Lipinski definition) is 1. The Kier molecular flexibility index (Phi) is 2.36. The third-order valence-electron chi connectivity index (χ3n) is 3.78. The Bertz CT molecular complexity index is 375. The van der Waals surface area contributed by atoms with Crippen LogP contribution in [-0.4, -0.2) is 6.04 Å². The van der Waals surface area contributed by atoms with E-state index in [1.807, 2.05) is 12.1 Å². The summed E-state index contributed by atoms with van der Waals surface area (Å²) in [5, 5.41) is 4.59. The van der Waals surface area contributed by atoms with Gasteiger partial charge in [0.1, 0.15) is 0 Å². The van der Waals surface area contributed by atoms with Crippen molar-refractivity contribution in [3.8, 4) is 0 Å². The lowest BCUT2D eigenvalue weighted by Gasteiger charge is -2.16. The van der Waals surface area contributed by atoms with E-state index in [1.165, 1.54) is 43.4 Å². The van der Waals surface area contributed by atoms with Gasteiger partial charge in [-0.15, -0.1) is 0 Å². The molecular weight excluding hydrogens is 206 g/mol. The number of rotatable bonds is 0. The maximum Gasteiger partial charge on any atom is 0.0462 e. The quantitative estimate of drug-likeness (QED) is 0.693. The molecule has 0 spiro atoms. The Labute approximate surface area is 95.8 Å². The number of halogens is 1. The molecule has 0 amide bonds. The molecule has 1 N–H and O–H groups in total. The third kappa shape index (κ3) is 1.53. The Morgan fingerprint density at radius 1 is 1.13 bits per heavy atom. The SMILES string of the molecule is Clc1cccc2c1C1CCCCCC1N2. The van der Waals surface area contributed by atoms with Crippen LogP contribution in [0.1, 0.15) is 43.6 Å². The Balaban J connectivity index is 2.02. The fraction of sp³-hybridized carbons (Fsp3) is 0.538. The average molecular weight is 222 g/mol. The molecule has 1 aliphatic carbocycles. The Hall–Kier alpha value is -0.690. The largest absolute Gasteiger partial charge is 0.381 e. The van der Waals surface area contributed by atoms with Crippen molar-refractivity contribution in [2.75, 3.05) is 5.32 Å². The van der Waals surface area contributed by atoms with Crippen LogP contribution in [0.25, 0.3) is 0 Å². The standard InChI is InChI=1S/C13H16ClN/c14-10-6-4-8-12-13(10)9-5-2-1-3-7-11(9)15-12/h4,6,8-9,11,15H,1-3,5,7H2. The molecule has 2 aliphatic rings. The topological polar surface area (TPSA) is 12.0 Å². The van der Waals surface area contributed by atoms with Crippen LogP contribution >= 0.6 is 11.6 Å². The molecule has 1 heterocycles. The summed E-state index contributed by atoms with van der Waals surface area (Å²) >= 11 is 6.30. The molecule has 1 aliphatic heterocycles. The second-order valence-corrected chi connectivity index (χ2v) is 5.10. The lowest BCUT2D eigenvalue weighted by Crippen LogP contribution is -2.18. The number of benzene rings is 1. The minimum Gasteiger partial charge on any atom is -0.381 e. The first-order valence-electron chi connectivity index (χ1n) is 5.91. The van der Waals surface area contributed by atoms with Gasteiger partial charge in [0.25, 0.3) is 0 Å². The summed E-state index contributed by atoms with van der Waals surface area (Å²) in [6.45, 7) is 0. The molecule has 2 heteroatoms. The van der Waals surface area contributed by atoms with Crippen LogP contribution in [0.4, 0.5) is 5.69 Å². The van der Waals surface area contributed by atoms with E-state index in [4.69, 9.17) is 11.6 Å². The minimum absolute atomic E-state index is 0.641. The summed E-state index contributed by atoms with van der Waals surface area (Å²) in [6, 6.07) is 6.87. The van der Waals surface area contributed by atoms with E-state index < -0.39 is 0 Å². The number of fused-ring (bicyclic) bond motifs is 3. The number of nitrogens with one attached hydrogen (secondary N) is 1. The van der Waals surface area contributed by atoms with Gasteiger partial charge in [-0.3, -0.25) is 0 Å². The lowest BCUT2D eigenvalue weighted by molar-refractivity contribution is 0.562. The number of hydrogen-bond donors (Lipinski definition) is 1. The second kappa shape index (κ2) is 3.71. The van der Waals surface area contributed by atoms with Crippen molar-refractivity contribution >= 4 is 17.3 Å². The fourth-order valence-corrected chi connectivity index (χ4v) is 3.38. The zero-order valence-corrected chi connectivity index (χ0v) is 9.56.